The first kappa shape index (κ1) is 12.0. The van der Waals surface area contributed by atoms with Crippen LogP contribution in [-0.2, 0) is 9.59 Å². The van der Waals surface area contributed by atoms with Gasteiger partial charge in [-0.15, -0.1) is 0 Å². The molecule has 5 heteroatoms. The van der Waals surface area contributed by atoms with Crippen molar-refractivity contribution in [1.29, 1.82) is 0 Å². The summed E-state index contributed by atoms with van der Waals surface area (Å²) in [5.41, 5.74) is 0. The molecule has 1 aliphatic heterocycles. The molecule has 86 valence electrons. The van der Waals surface area contributed by atoms with E-state index in [1.54, 1.807) is 21.1 Å². The molecule has 0 aromatic rings. The molecule has 0 bridgehead atoms. The van der Waals surface area contributed by atoms with Gasteiger partial charge >= 0.3 is 0 Å². The molecular weight excluding hydrogens is 194 g/mol. The van der Waals surface area contributed by atoms with Crippen molar-refractivity contribution in [3.8, 4) is 0 Å². The Kier molecular flexibility index (Phi) is 4.08. The molecule has 1 heterocycles. The molecule has 0 aromatic heterocycles. The minimum atomic E-state index is -0.0926. The second kappa shape index (κ2) is 5.11. The first-order valence-electron chi connectivity index (χ1n) is 5.21. The van der Waals surface area contributed by atoms with Gasteiger partial charge in [0.2, 0.25) is 11.8 Å². The van der Waals surface area contributed by atoms with Gasteiger partial charge < -0.3 is 15.1 Å². The number of nitrogens with one attached hydrogen (secondary N) is 1. The second-order valence-electron chi connectivity index (χ2n) is 4.13. The number of carbonyl (C=O) groups excluding carboxylic acids is 2. The number of rotatable bonds is 3. The highest BCUT2D eigenvalue weighted by Gasteiger charge is 2.25. The van der Waals surface area contributed by atoms with Gasteiger partial charge in [-0.2, -0.15) is 0 Å². The minimum absolute atomic E-state index is 0.0164. The SMILES string of the molecule is CN(C)C(=O)CN(C)C(=O)[C@H]1CCCN1. The topological polar surface area (TPSA) is 52.7 Å². The monoisotopic (exact) mass is 213 g/mol. The molecule has 0 aliphatic carbocycles. The summed E-state index contributed by atoms with van der Waals surface area (Å²) in [7, 11) is 5.05. The Hall–Kier alpha value is -1.10. The zero-order valence-electron chi connectivity index (χ0n) is 9.62. The summed E-state index contributed by atoms with van der Waals surface area (Å²) in [6.45, 7) is 1.05. The van der Waals surface area contributed by atoms with Crippen molar-refractivity contribution in [3.63, 3.8) is 0 Å². The molecule has 1 rings (SSSR count). The fourth-order valence-corrected chi connectivity index (χ4v) is 1.58. The summed E-state index contributed by atoms with van der Waals surface area (Å²) in [4.78, 5) is 26.2. The van der Waals surface area contributed by atoms with Crippen molar-refractivity contribution in [2.75, 3.05) is 34.2 Å². The molecule has 0 spiro atoms. The lowest BCUT2D eigenvalue weighted by Gasteiger charge is -2.22. The van der Waals surface area contributed by atoms with Gasteiger partial charge in [-0.3, -0.25) is 9.59 Å². The lowest BCUT2D eigenvalue weighted by atomic mass is 10.2. The molecular formula is C10H19N3O2. The first-order chi connectivity index (χ1) is 7.02. The molecule has 15 heavy (non-hydrogen) atoms. The predicted molar refractivity (Wildman–Crippen MR) is 57.4 cm³/mol. The van der Waals surface area contributed by atoms with Gasteiger partial charge in [0, 0.05) is 21.1 Å². The maximum absolute atomic E-state index is 11.8. The lowest BCUT2D eigenvalue weighted by Crippen LogP contribution is -2.45. The standard InChI is InChI=1S/C10H19N3O2/c1-12(2)9(14)7-13(3)10(15)8-5-4-6-11-8/h8,11H,4-7H2,1-3H3/t8-/m1/s1. The average molecular weight is 213 g/mol. The van der Waals surface area contributed by atoms with Crippen LogP contribution in [0, 0.1) is 0 Å². The highest BCUT2D eigenvalue weighted by atomic mass is 16.2. The molecule has 0 unspecified atom stereocenters. The van der Waals surface area contributed by atoms with Crippen LogP contribution in [0.2, 0.25) is 0 Å². The van der Waals surface area contributed by atoms with E-state index in [4.69, 9.17) is 0 Å². The zero-order chi connectivity index (χ0) is 11.4. The predicted octanol–water partition coefficient (Wildman–Crippen LogP) is -0.715. The largest absolute Gasteiger partial charge is 0.347 e. The van der Waals surface area contributed by atoms with Crippen LogP contribution in [0.5, 0.6) is 0 Å². The number of hydrogen-bond acceptors (Lipinski definition) is 3. The van der Waals surface area contributed by atoms with Crippen LogP contribution >= 0.6 is 0 Å². The first-order valence-corrected chi connectivity index (χ1v) is 5.21. The zero-order valence-corrected chi connectivity index (χ0v) is 9.62. The van der Waals surface area contributed by atoms with Gasteiger partial charge in [0.05, 0.1) is 12.6 Å². The summed E-state index contributed by atoms with van der Waals surface area (Å²) >= 11 is 0. The number of hydrogen-bond donors (Lipinski definition) is 1. The Morgan fingerprint density at radius 2 is 2.00 bits per heavy atom. The molecule has 0 saturated carbocycles. The van der Waals surface area contributed by atoms with E-state index in [1.165, 1.54) is 9.80 Å². The van der Waals surface area contributed by atoms with E-state index in [2.05, 4.69) is 5.32 Å². The maximum Gasteiger partial charge on any atom is 0.241 e. The van der Waals surface area contributed by atoms with E-state index in [1.807, 2.05) is 0 Å². The summed E-state index contributed by atoms with van der Waals surface area (Å²) in [5, 5.41) is 3.12. The molecule has 0 aromatic carbocycles. The Labute approximate surface area is 90.4 Å². The Morgan fingerprint density at radius 1 is 1.33 bits per heavy atom. The maximum atomic E-state index is 11.8. The van der Waals surface area contributed by atoms with Crippen LogP contribution < -0.4 is 5.32 Å². The third kappa shape index (κ3) is 3.20. The second-order valence-corrected chi connectivity index (χ2v) is 4.13. The van der Waals surface area contributed by atoms with Gasteiger partial charge in [-0.05, 0) is 19.4 Å². The van der Waals surface area contributed by atoms with Crippen LogP contribution in [0.1, 0.15) is 12.8 Å². The lowest BCUT2D eigenvalue weighted by molar-refractivity contribution is -0.139. The van der Waals surface area contributed by atoms with E-state index in [9.17, 15) is 9.59 Å². The third-order valence-electron chi connectivity index (χ3n) is 2.61. The number of carbonyl (C=O) groups is 2. The van der Waals surface area contributed by atoms with Crippen molar-refractivity contribution in [2.24, 2.45) is 0 Å². The van der Waals surface area contributed by atoms with Crippen LogP contribution in [0.3, 0.4) is 0 Å². The molecule has 2 amide bonds. The van der Waals surface area contributed by atoms with Crippen molar-refractivity contribution in [1.82, 2.24) is 15.1 Å². The van der Waals surface area contributed by atoms with Gasteiger partial charge in [0.25, 0.3) is 0 Å². The summed E-state index contributed by atoms with van der Waals surface area (Å²) < 4.78 is 0. The smallest absolute Gasteiger partial charge is 0.241 e. The molecule has 5 nitrogen and oxygen atoms in total. The molecule has 0 radical (unpaired) electrons. The highest BCUT2D eigenvalue weighted by molar-refractivity contribution is 5.87. The molecule has 1 atom stereocenters. The Morgan fingerprint density at radius 3 is 2.47 bits per heavy atom. The average Bonchev–Trinajstić information content (AvgIpc) is 2.68. The van der Waals surface area contributed by atoms with Gasteiger partial charge in [0.15, 0.2) is 0 Å². The van der Waals surface area contributed by atoms with Crippen molar-refractivity contribution in [3.05, 3.63) is 0 Å². The molecule has 1 aliphatic rings. The van der Waals surface area contributed by atoms with E-state index in [0.717, 1.165) is 19.4 Å². The van der Waals surface area contributed by atoms with E-state index in [-0.39, 0.29) is 24.4 Å². The fraction of sp³-hybridized carbons (Fsp3) is 0.800. The van der Waals surface area contributed by atoms with Crippen molar-refractivity contribution < 1.29 is 9.59 Å². The van der Waals surface area contributed by atoms with Gasteiger partial charge in [-0.25, -0.2) is 0 Å². The van der Waals surface area contributed by atoms with E-state index >= 15 is 0 Å². The number of amides is 2. The number of nitrogens with zero attached hydrogens (tertiary/aromatic N) is 2. The van der Waals surface area contributed by atoms with E-state index in [0.29, 0.717) is 0 Å². The normalized spacial score (nSPS) is 20.1. The summed E-state index contributed by atoms with van der Waals surface area (Å²) in [5.74, 6) is -0.0356. The fourth-order valence-electron chi connectivity index (χ4n) is 1.58. The Bertz CT molecular complexity index is 247. The van der Waals surface area contributed by atoms with Crippen LogP contribution in [0.4, 0.5) is 0 Å². The number of likely N-dealkylation sites (N-methyl/N-ethyl adjacent to an activating group) is 2. The van der Waals surface area contributed by atoms with Crippen LogP contribution in [0.15, 0.2) is 0 Å². The molecule has 1 N–H and O–H groups in total. The van der Waals surface area contributed by atoms with E-state index < -0.39 is 0 Å². The molecule has 1 saturated heterocycles. The van der Waals surface area contributed by atoms with Crippen molar-refractivity contribution in [2.45, 2.75) is 18.9 Å². The van der Waals surface area contributed by atoms with Gasteiger partial charge in [0.1, 0.15) is 0 Å². The minimum Gasteiger partial charge on any atom is -0.347 e. The van der Waals surface area contributed by atoms with Crippen LogP contribution in [-0.4, -0.2) is 61.9 Å². The summed E-state index contributed by atoms with van der Waals surface area (Å²) in [6, 6.07) is -0.0926. The third-order valence-corrected chi connectivity index (χ3v) is 2.61. The summed E-state index contributed by atoms with van der Waals surface area (Å²) in [6.07, 6.45) is 1.91. The van der Waals surface area contributed by atoms with Gasteiger partial charge in [-0.1, -0.05) is 0 Å². The van der Waals surface area contributed by atoms with Crippen molar-refractivity contribution >= 4 is 11.8 Å². The van der Waals surface area contributed by atoms with Crippen LogP contribution in [0.25, 0.3) is 0 Å². The molecule has 1 fully saturated rings. The Balaban J connectivity index is 2.42. The highest BCUT2D eigenvalue weighted by Crippen LogP contribution is 2.07. The quantitative estimate of drug-likeness (QED) is 0.673.